The summed E-state index contributed by atoms with van der Waals surface area (Å²) in [6, 6.07) is 13.8. The second-order valence-corrected chi connectivity index (χ2v) is 7.53. The molecule has 156 valence electrons. The number of hydrogen-bond acceptors (Lipinski definition) is 6. The third-order valence-electron chi connectivity index (χ3n) is 5.41. The lowest BCUT2D eigenvalue weighted by atomic mass is 10.1. The van der Waals surface area contributed by atoms with Crippen LogP contribution in [-0.2, 0) is 11.2 Å². The van der Waals surface area contributed by atoms with Crippen LogP contribution < -0.4 is 9.47 Å². The molecule has 2 aromatic carbocycles. The van der Waals surface area contributed by atoms with E-state index in [4.69, 9.17) is 14.0 Å². The Hall–Kier alpha value is -3.35. The van der Waals surface area contributed by atoms with E-state index in [0.29, 0.717) is 42.7 Å². The van der Waals surface area contributed by atoms with Crippen LogP contribution >= 0.6 is 0 Å². The zero-order chi connectivity index (χ0) is 21.1. The maximum absolute atomic E-state index is 12.5. The molecule has 7 nitrogen and oxygen atoms in total. The molecular weight excluding hydrogens is 382 g/mol. The van der Waals surface area contributed by atoms with E-state index >= 15 is 0 Å². The minimum absolute atomic E-state index is 0.0933. The van der Waals surface area contributed by atoms with Crippen LogP contribution in [0.5, 0.6) is 11.5 Å². The van der Waals surface area contributed by atoms with Crippen LogP contribution in [0.3, 0.4) is 0 Å². The minimum atomic E-state index is -0.0933. The SMILES string of the molecule is COc1cc(OC)cc(-c2noc(C3CC(=O)N(CCc4ccc(C)cc4)C3)n2)c1. The topological polar surface area (TPSA) is 77.7 Å². The molecule has 1 aliphatic rings. The quantitative estimate of drug-likeness (QED) is 0.595. The third kappa shape index (κ3) is 4.30. The highest BCUT2D eigenvalue weighted by molar-refractivity contribution is 5.79. The average Bonchev–Trinajstić information content (AvgIpc) is 3.40. The largest absolute Gasteiger partial charge is 0.497 e. The molecule has 3 aromatic rings. The predicted molar refractivity (Wildman–Crippen MR) is 112 cm³/mol. The second kappa shape index (κ2) is 8.57. The first-order valence-electron chi connectivity index (χ1n) is 9.96. The Morgan fingerprint density at radius 1 is 1.10 bits per heavy atom. The molecule has 1 aromatic heterocycles. The van der Waals surface area contributed by atoms with E-state index in [1.165, 1.54) is 11.1 Å². The van der Waals surface area contributed by atoms with Gasteiger partial charge in [0.1, 0.15) is 11.5 Å². The maximum atomic E-state index is 12.5. The van der Waals surface area contributed by atoms with Gasteiger partial charge in [-0.05, 0) is 31.0 Å². The van der Waals surface area contributed by atoms with Crippen molar-refractivity contribution < 1.29 is 18.8 Å². The van der Waals surface area contributed by atoms with Crippen molar-refractivity contribution in [2.45, 2.75) is 25.7 Å². The molecule has 7 heteroatoms. The Balaban J connectivity index is 1.44. The fraction of sp³-hybridized carbons (Fsp3) is 0.348. The molecular formula is C23H25N3O4. The number of hydrogen-bond donors (Lipinski definition) is 0. The van der Waals surface area contributed by atoms with Crippen LogP contribution in [0.4, 0.5) is 0 Å². The number of likely N-dealkylation sites (tertiary alicyclic amines) is 1. The molecule has 30 heavy (non-hydrogen) atoms. The van der Waals surface area contributed by atoms with E-state index in [1.807, 2.05) is 17.0 Å². The first-order valence-corrected chi connectivity index (χ1v) is 9.96. The van der Waals surface area contributed by atoms with Gasteiger partial charge in [-0.1, -0.05) is 35.0 Å². The lowest BCUT2D eigenvalue weighted by Gasteiger charge is -2.15. The first-order chi connectivity index (χ1) is 14.6. The van der Waals surface area contributed by atoms with Crippen LogP contribution in [0.1, 0.15) is 29.4 Å². The van der Waals surface area contributed by atoms with Gasteiger partial charge in [0, 0.05) is 31.1 Å². The van der Waals surface area contributed by atoms with Crippen molar-refractivity contribution in [3.05, 3.63) is 59.5 Å². The summed E-state index contributed by atoms with van der Waals surface area (Å²) in [5, 5.41) is 4.11. The Bertz CT molecular complexity index is 1010. The first kappa shape index (κ1) is 19.9. The molecule has 0 radical (unpaired) electrons. The van der Waals surface area contributed by atoms with Crippen LogP contribution in [0, 0.1) is 6.92 Å². The smallest absolute Gasteiger partial charge is 0.232 e. The van der Waals surface area contributed by atoms with Gasteiger partial charge in [-0.15, -0.1) is 0 Å². The summed E-state index contributed by atoms with van der Waals surface area (Å²) in [6.07, 6.45) is 1.22. The van der Waals surface area contributed by atoms with Gasteiger partial charge >= 0.3 is 0 Å². The van der Waals surface area contributed by atoms with Gasteiger partial charge in [0.15, 0.2) is 0 Å². The fourth-order valence-electron chi connectivity index (χ4n) is 3.63. The van der Waals surface area contributed by atoms with Crippen molar-refractivity contribution in [3.8, 4) is 22.9 Å². The van der Waals surface area contributed by atoms with Crippen molar-refractivity contribution in [1.82, 2.24) is 15.0 Å². The molecule has 1 amide bonds. The molecule has 1 saturated heterocycles. The molecule has 1 atom stereocenters. The summed E-state index contributed by atoms with van der Waals surface area (Å²) >= 11 is 0. The number of carbonyl (C=O) groups excluding carboxylic acids is 1. The van der Waals surface area contributed by atoms with E-state index in [2.05, 4.69) is 41.3 Å². The molecule has 4 rings (SSSR count). The molecule has 1 unspecified atom stereocenters. The van der Waals surface area contributed by atoms with Crippen LogP contribution in [-0.4, -0.2) is 48.3 Å². The van der Waals surface area contributed by atoms with E-state index in [9.17, 15) is 4.79 Å². The van der Waals surface area contributed by atoms with Crippen molar-refractivity contribution in [3.63, 3.8) is 0 Å². The summed E-state index contributed by atoms with van der Waals surface area (Å²) in [5.41, 5.74) is 3.20. The van der Waals surface area contributed by atoms with Gasteiger partial charge < -0.3 is 18.9 Å². The number of aromatic nitrogens is 2. The second-order valence-electron chi connectivity index (χ2n) is 7.53. The maximum Gasteiger partial charge on any atom is 0.232 e. The van der Waals surface area contributed by atoms with Crippen LogP contribution in [0.15, 0.2) is 47.0 Å². The predicted octanol–water partition coefficient (Wildman–Crippen LogP) is 3.62. The summed E-state index contributed by atoms with van der Waals surface area (Å²) in [5.74, 6) is 2.26. The highest BCUT2D eigenvalue weighted by atomic mass is 16.5. The molecule has 0 N–H and O–H groups in total. The Morgan fingerprint density at radius 3 is 2.47 bits per heavy atom. The zero-order valence-electron chi connectivity index (χ0n) is 17.4. The number of ether oxygens (including phenoxy) is 2. The van der Waals surface area contributed by atoms with E-state index in [0.717, 1.165) is 12.0 Å². The lowest BCUT2D eigenvalue weighted by molar-refractivity contribution is -0.127. The van der Waals surface area contributed by atoms with Crippen molar-refractivity contribution in [1.29, 1.82) is 0 Å². The summed E-state index contributed by atoms with van der Waals surface area (Å²) in [7, 11) is 3.19. The van der Waals surface area contributed by atoms with Crippen LogP contribution in [0.2, 0.25) is 0 Å². The molecule has 0 aliphatic carbocycles. The number of carbonyl (C=O) groups is 1. The highest BCUT2D eigenvalue weighted by Gasteiger charge is 2.34. The third-order valence-corrected chi connectivity index (χ3v) is 5.41. The van der Waals surface area contributed by atoms with Crippen molar-refractivity contribution >= 4 is 5.91 Å². The van der Waals surface area contributed by atoms with Crippen molar-refractivity contribution in [2.75, 3.05) is 27.3 Å². The molecule has 2 heterocycles. The van der Waals surface area contributed by atoms with E-state index < -0.39 is 0 Å². The van der Waals surface area contributed by atoms with Gasteiger partial charge in [-0.2, -0.15) is 4.98 Å². The van der Waals surface area contributed by atoms with E-state index in [1.54, 1.807) is 20.3 Å². The molecule has 1 aliphatic heterocycles. The average molecular weight is 407 g/mol. The van der Waals surface area contributed by atoms with Gasteiger partial charge in [0.25, 0.3) is 0 Å². The zero-order valence-corrected chi connectivity index (χ0v) is 17.4. The number of rotatable bonds is 7. The summed E-state index contributed by atoms with van der Waals surface area (Å²) in [6.45, 7) is 3.35. The van der Waals surface area contributed by atoms with E-state index in [-0.39, 0.29) is 11.8 Å². The molecule has 0 saturated carbocycles. The highest BCUT2D eigenvalue weighted by Crippen LogP contribution is 2.31. The van der Waals surface area contributed by atoms with Crippen molar-refractivity contribution in [2.24, 2.45) is 0 Å². The minimum Gasteiger partial charge on any atom is -0.497 e. The normalized spacial score (nSPS) is 16.2. The number of nitrogens with zero attached hydrogens (tertiary/aromatic N) is 3. The number of benzene rings is 2. The number of aryl methyl sites for hydroxylation is 1. The van der Waals surface area contributed by atoms with Gasteiger partial charge in [-0.3, -0.25) is 4.79 Å². The standard InChI is InChI=1S/C23H25N3O4/c1-15-4-6-16(7-5-15)8-9-26-14-18(12-21(26)27)23-24-22(25-30-23)17-10-19(28-2)13-20(11-17)29-3/h4-7,10-11,13,18H,8-9,12,14H2,1-3H3. The monoisotopic (exact) mass is 407 g/mol. The number of amides is 1. The Morgan fingerprint density at radius 2 is 1.80 bits per heavy atom. The Kier molecular flexibility index (Phi) is 5.70. The lowest BCUT2D eigenvalue weighted by Crippen LogP contribution is -2.27. The fourth-order valence-corrected chi connectivity index (χ4v) is 3.63. The van der Waals surface area contributed by atoms with Gasteiger partial charge in [0.05, 0.1) is 20.1 Å². The van der Waals surface area contributed by atoms with Gasteiger partial charge in [-0.25, -0.2) is 0 Å². The van der Waals surface area contributed by atoms with Gasteiger partial charge in [0.2, 0.25) is 17.6 Å². The molecule has 1 fully saturated rings. The summed E-state index contributed by atoms with van der Waals surface area (Å²) in [4.78, 5) is 18.9. The number of methoxy groups -OCH3 is 2. The Labute approximate surface area is 175 Å². The molecule has 0 bridgehead atoms. The summed E-state index contributed by atoms with van der Waals surface area (Å²) < 4.78 is 16.1. The van der Waals surface area contributed by atoms with Crippen LogP contribution in [0.25, 0.3) is 11.4 Å². The molecule has 0 spiro atoms.